The molecule has 1 saturated heterocycles. The molecule has 0 radical (unpaired) electrons. The van der Waals surface area contributed by atoms with Crippen molar-refractivity contribution in [2.75, 3.05) is 26.2 Å². The lowest BCUT2D eigenvalue weighted by molar-refractivity contribution is -0.126. The highest BCUT2D eigenvalue weighted by molar-refractivity contribution is 6.42. The van der Waals surface area contributed by atoms with Gasteiger partial charge >= 0.3 is 0 Å². The highest BCUT2D eigenvalue weighted by atomic mass is 35.5. The first-order valence-electron chi connectivity index (χ1n) is 7.75. The molecule has 0 saturated carbocycles. The van der Waals surface area contributed by atoms with Gasteiger partial charge in [-0.1, -0.05) is 23.2 Å². The molecule has 5 nitrogen and oxygen atoms in total. The number of benzene rings is 1. The van der Waals surface area contributed by atoms with Crippen LogP contribution in [-0.4, -0.2) is 42.9 Å². The van der Waals surface area contributed by atoms with Gasteiger partial charge in [0.1, 0.15) is 0 Å². The molecule has 0 spiro atoms. The van der Waals surface area contributed by atoms with Crippen LogP contribution in [0, 0.1) is 5.92 Å². The van der Waals surface area contributed by atoms with Gasteiger partial charge in [-0.25, -0.2) is 0 Å². The molecular formula is C16H21Cl2N3O2. The van der Waals surface area contributed by atoms with Crippen LogP contribution in [0.4, 0.5) is 0 Å². The Morgan fingerprint density at radius 1 is 1.30 bits per heavy atom. The first-order valence-corrected chi connectivity index (χ1v) is 8.50. The number of hydrogen-bond donors (Lipinski definition) is 2. The molecule has 1 aliphatic heterocycles. The second-order valence-electron chi connectivity index (χ2n) is 5.65. The van der Waals surface area contributed by atoms with Crippen LogP contribution in [0.25, 0.3) is 0 Å². The van der Waals surface area contributed by atoms with Gasteiger partial charge in [0.25, 0.3) is 5.91 Å². The van der Waals surface area contributed by atoms with Crippen LogP contribution >= 0.6 is 23.2 Å². The molecule has 1 fully saturated rings. The molecule has 2 rings (SSSR count). The van der Waals surface area contributed by atoms with Gasteiger partial charge in [-0.05, 0) is 44.0 Å². The van der Waals surface area contributed by atoms with Crippen molar-refractivity contribution >= 4 is 35.0 Å². The van der Waals surface area contributed by atoms with Gasteiger partial charge in [-0.15, -0.1) is 0 Å². The highest BCUT2D eigenvalue weighted by Gasteiger charge is 2.28. The van der Waals surface area contributed by atoms with E-state index in [2.05, 4.69) is 5.32 Å². The smallest absolute Gasteiger partial charge is 0.253 e. The lowest BCUT2D eigenvalue weighted by Gasteiger charge is -2.32. The standard InChI is InChI=1S/C16H21Cl2N3O2/c17-13-5-4-11(9-14(13)18)16(23)21-8-1-3-12(10-21)15(22)20-7-2-6-19/h4-5,9,12H,1-3,6-8,10,19H2,(H,20,22). The molecular weight excluding hydrogens is 337 g/mol. The summed E-state index contributed by atoms with van der Waals surface area (Å²) in [5.74, 6) is -0.304. The van der Waals surface area contributed by atoms with Gasteiger partial charge < -0.3 is 16.0 Å². The summed E-state index contributed by atoms with van der Waals surface area (Å²) in [7, 11) is 0. The Labute approximate surface area is 146 Å². The Balaban J connectivity index is 1.98. The van der Waals surface area contributed by atoms with Gasteiger partial charge in [-0.3, -0.25) is 9.59 Å². The fraction of sp³-hybridized carbons (Fsp3) is 0.500. The van der Waals surface area contributed by atoms with Crippen LogP contribution in [0.3, 0.4) is 0 Å². The zero-order valence-electron chi connectivity index (χ0n) is 12.9. The van der Waals surface area contributed by atoms with Crippen LogP contribution in [-0.2, 0) is 4.79 Å². The summed E-state index contributed by atoms with van der Waals surface area (Å²) in [6.07, 6.45) is 2.35. The van der Waals surface area contributed by atoms with E-state index in [1.807, 2.05) is 0 Å². The van der Waals surface area contributed by atoms with Gasteiger partial charge in [0.05, 0.1) is 16.0 Å². The number of halogens is 2. The third-order valence-corrected chi connectivity index (χ3v) is 4.67. The summed E-state index contributed by atoms with van der Waals surface area (Å²) < 4.78 is 0. The van der Waals surface area contributed by atoms with Crippen molar-refractivity contribution < 1.29 is 9.59 Å². The fourth-order valence-corrected chi connectivity index (χ4v) is 2.94. The van der Waals surface area contributed by atoms with Gasteiger partial charge in [0.15, 0.2) is 0 Å². The molecule has 3 N–H and O–H groups in total. The quantitative estimate of drug-likeness (QED) is 0.794. The SMILES string of the molecule is NCCCNC(=O)C1CCCN(C(=O)c2ccc(Cl)c(Cl)c2)C1. The van der Waals surface area contributed by atoms with E-state index in [0.717, 1.165) is 19.3 Å². The van der Waals surface area contributed by atoms with Crippen LogP contribution in [0.2, 0.25) is 10.0 Å². The van der Waals surface area contributed by atoms with Gasteiger partial charge in [0.2, 0.25) is 5.91 Å². The molecule has 0 bridgehead atoms. The number of hydrogen-bond acceptors (Lipinski definition) is 3. The summed E-state index contributed by atoms with van der Waals surface area (Å²) in [5, 5.41) is 3.64. The first-order chi connectivity index (χ1) is 11.0. The zero-order chi connectivity index (χ0) is 16.8. The third kappa shape index (κ3) is 4.83. The maximum Gasteiger partial charge on any atom is 0.253 e. The Kier molecular flexibility index (Phi) is 6.69. The molecule has 126 valence electrons. The van der Waals surface area contributed by atoms with E-state index in [-0.39, 0.29) is 17.7 Å². The van der Waals surface area contributed by atoms with Crippen molar-refractivity contribution in [3.05, 3.63) is 33.8 Å². The average molecular weight is 358 g/mol. The predicted molar refractivity (Wildman–Crippen MR) is 91.8 cm³/mol. The Bertz CT molecular complexity index is 580. The number of nitrogens with two attached hydrogens (primary N) is 1. The number of rotatable bonds is 5. The number of amides is 2. The number of piperidine rings is 1. The summed E-state index contributed by atoms with van der Waals surface area (Å²) in [6.45, 7) is 2.19. The Hall–Kier alpha value is -1.30. The van der Waals surface area contributed by atoms with E-state index in [4.69, 9.17) is 28.9 Å². The highest BCUT2D eigenvalue weighted by Crippen LogP contribution is 2.25. The summed E-state index contributed by atoms with van der Waals surface area (Å²) in [5.41, 5.74) is 5.91. The predicted octanol–water partition coefficient (Wildman–Crippen LogP) is 2.31. The normalized spacial score (nSPS) is 17.9. The van der Waals surface area contributed by atoms with E-state index in [0.29, 0.717) is 41.8 Å². The van der Waals surface area contributed by atoms with Crippen LogP contribution in [0.15, 0.2) is 18.2 Å². The van der Waals surface area contributed by atoms with Crippen molar-refractivity contribution in [2.24, 2.45) is 11.7 Å². The lowest BCUT2D eigenvalue weighted by Crippen LogP contribution is -2.45. The van der Waals surface area contributed by atoms with E-state index < -0.39 is 0 Å². The number of carbonyl (C=O) groups excluding carboxylic acids is 2. The maximum atomic E-state index is 12.6. The second kappa shape index (κ2) is 8.52. The molecule has 1 aromatic carbocycles. The molecule has 1 heterocycles. The van der Waals surface area contributed by atoms with Crippen LogP contribution in [0.1, 0.15) is 29.6 Å². The Morgan fingerprint density at radius 2 is 2.09 bits per heavy atom. The third-order valence-electron chi connectivity index (χ3n) is 3.93. The molecule has 0 aliphatic carbocycles. The zero-order valence-corrected chi connectivity index (χ0v) is 14.4. The lowest BCUT2D eigenvalue weighted by atomic mass is 9.96. The molecule has 1 unspecified atom stereocenters. The molecule has 2 amide bonds. The van der Waals surface area contributed by atoms with Crippen LogP contribution in [0.5, 0.6) is 0 Å². The van der Waals surface area contributed by atoms with Crippen molar-refractivity contribution in [2.45, 2.75) is 19.3 Å². The average Bonchev–Trinajstić information content (AvgIpc) is 2.57. The largest absolute Gasteiger partial charge is 0.356 e. The molecule has 1 aliphatic rings. The molecule has 1 atom stereocenters. The molecule has 23 heavy (non-hydrogen) atoms. The number of carbonyl (C=O) groups is 2. The number of nitrogens with zero attached hydrogens (tertiary/aromatic N) is 1. The van der Waals surface area contributed by atoms with Gasteiger partial charge in [-0.2, -0.15) is 0 Å². The monoisotopic (exact) mass is 357 g/mol. The molecule has 7 heteroatoms. The summed E-state index contributed by atoms with van der Waals surface area (Å²) >= 11 is 11.8. The topological polar surface area (TPSA) is 75.4 Å². The van der Waals surface area contributed by atoms with Crippen molar-refractivity contribution in [1.82, 2.24) is 10.2 Å². The van der Waals surface area contributed by atoms with Crippen LogP contribution < -0.4 is 11.1 Å². The minimum absolute atomic E-state index is 0.00918. The summed E-state index contributed by atoms with van der Waals surface area (Å²) in [4.78, 5) is 26.4. The molecule has 0 aromatic heterocycles. The first kappa shape index (κ1) is 18.0. The minimum atomic E-state index is -0.173. The van der Waals surface area contributed by atoms with E-state index in [9.17, 15) is 9.59 Å². The number of nitrogens with one attached hydrogen (secondary N) is 1. The summed E-state index contributed by atoms with van der Waals surface area (Å²) in [6, 6.07) is 4.83. The van der Waals surface area contributed by atoms with Crippen molar-refractivity contribution in [1.29, 1.82) is 0 Å². The van der Waals surface area contributed by atoms with E-state index in [1.165, 1.54) is 0 Å². The molecule has 1 aromatic rings. The second-order valence-corrected chi connectivity index (χ2v) is 6.47. The van der Waals surface area contributed by atoms with E-state index in [1.54, 1.807) is 23.1 Å². The van der Waals surface area contributed by atoms with Crippen molar-refractivity contribution in [3.63, 3.8) is 0 Å². The van der Waals surface area contributed by atoms with Crippen molar-refractivity contribution in [3.8, 4) is 0 Å². The maximum absolute atomic E-state index is 12.6. The van der Waals surface area contributed by atoms with E-state index >= 15 is 0 Å². The van der Waals surface area contributed by atoms with Gasteiger partial charge in [0, 0.05) is 25.2 Å². The fourth-order valence-electron chi connectivity index (χ4n) is 2.65. The minimum Gasteiger partial charge on any atom is -0.356 e. The Morgan fingerprint density at radius 3 is 2.78 bits per heavy atom. The number of likely N-dealkylation sites (tertiary alicyclic amines) is 1.